The number of amides is 1. The Morgan fingerprint density at radius 1 is 1.35 bits per heavy atom. The minimum atomic E-state index is -0.438. The summed E-state index contributed by atoms with van der Waals surface area (Å²) in [6.07, 6.45) is 3.42. The zero-order chi connectivity index (χ0) is 15.9. The number of carbonyl (C=O) groups is 1. The Balaban J connectivity index is 0.00000264. The van der Waals surface area contributed by atoms with Crippen LogP contribution in [0.3, 0.4) is 0 Å². The summed E-state index contributed by atoms with van der Waals surface area (Å²) in [6.45, 7) is 0.954. The summed E-state index contributed by atoms with van der Waals surface area (Å²) in [6, 6.07) is 6.58. The number of para-hydroxylation sites is 2. The number of carbonyl (C=O) groups excluding carboxylic acids is 1. The largest absolute Gasteiger partial charge is 0.379 e. The summed E-state index contributed by atoms with van der Waals surface area (Å²) in [4.78, 5) is 22.4. The van der Waals surface area contributed by atoms with Crippen molar-refractivity contribution in [1.82, 2.24) is 5.32 Å². The topological polar surface area (TPSA) is 110 Å². The number of nitrogens with zero attached hydrogens (tertiary/aromatic N) is 1. The molecule has 1 saturated carbocycles. The number of nitro benzene ring substituents is 1. The zero-order valence-corrected chi connectivity index (χ0v) is 13.7. The summed E-state index contributed by atoms with van der Waals surface area (Å²) in [5.41, 5.74) is 6.14. The second kappa shape index (κ2) is 9.32. The van der Waals surface area contributed by atoms with Gasteiger partial charge in [-0.05, 0) is 31.4 Å². The van der Waals surface area contributed by atoms with E-state index in [9.17, 15) is 14.9 Å². The van der Waals surface area contributed by atoms with Crippen molar-refractivity contribution in [2.75, 3.05) is 18.4 Å². The second-order valence-electron chi connectivity index (χ2n) is 5.55. The second-order valence-corrected chi connectivity index (χ2v) is 5.55. The van der Waals surface area contributed by atoms with Crippen molar-refractivity contribution in [2.45, 2.75) is 31.7 Å². The highest BCUT2D eigenvalue weighted by molar-refractivity contribution is 5.85. The molecule has 128 valence electrons. The highest BCUT2D eigenvalue weighted by Crippen LogP contribution is 2.25. The Labute approximate surface area is 141 Å². The summed E-state index contributed by atoms with van der Waals surface area (Å²) >= 11 is 0. The van der Waals surface area contributed by atoms with Gasteiger partial charge in [0, 0.05) is 25.1 Å². The Morgan fingerprint density at radius 3 is 2.78 bits per heavy atom. The van der Waals surface area contributed by atoms with Crippen LogP contribution in [0.5, 0.6) is 0 Å². The van der Waals surface area contributed by atoms with Crippen molar-refractivity contribution < 1.29 is 9.72 Å². The molecule has 8 heteroatoms. The predicted octanol–water partition coefficient (Wildman–Crippen LogP) is 2.06. The molecule has 1 fully saturated rings. The van der Waals surface area contributed by atoms with Crippen LogP contribution in [-0.2, 0) is 4.79 Å². The zero-order valence-electron chi connectivity index (χ0n) is 12.9. The number of halogens is 1. The first-order valence-corrected chi connectivity index (χ1v) is 7.58. The van der Waals surface area contributed by atoms with Gasteiger partial charge in [-0.15, -0.1) is 12.4 Å². The molecule has 0 aliphatic heterocycles. The Morgan fingerprint density at radius 2 is 2.09 bits per heavy atom. The molecule has 1 aliphatic rings. The highest BCUT2D eigenvalue weighted by Gasteiger charge is 2.27. The quantitative estimate of drug-likeness (QED) is 0.519. The number of anilines is 1. The number of rotatable bonds is 7. The number of benzene rings is 1. The van der Waals surface area contributed by atoms with Gasteiger partial charge in [0.05, 0.1) is 4.92 Å². The lowest BCUT2D eigenvalue weighted by Crippen LogP contribution is -2.40. The fourth-order valence-corrected chi connectivity index (χ4v) is 2.88. The minimum absolute atomic E-state index is 0. The maximum absolute atomic E-state index is 11.9. The summed E-state index contributed by atoms with van der Waals surface area (Å²) in [7, 11) is 0. The molecule has 0 bridgehead atoms. The molecule has 0 aromatic heterocycles. The first-order valence-electron chi connectivity index (χ1n) is 7.58. The maximum Gasteiger partial charge on any atom is 0.292 e. The Kier molecular flexibility index (Phi) is 7.77. The molecule has 2 atom stereocenters. The molecule has 2 unspecified atom stereocenters. The molecule has 1 aromatic rings. The lowest BCUT2D eigenvalue weighted by molar-refractivity contribution is -0.384. The van der Waals surface area contributed by atoms with Crippen molar-refractivity contribution >= 4 is 29.7 Å². The molecule has 1 aromatic carbocycles. The molecule has 4 N–H and O–H groups in total. The van der Waals surface area contributed by atoms with E-state index in [1.165, 1.54) is 6.07 Å². The van der Waals surface area contributed by atoms with Crippen molar-refractivity contribution in [3.05, 3.63) is 34.4 Å². The van der Waals surface area contributed by atoms with Crippen LogP contribution in [0, 0.1) is 16.0 Å². The van der Waals surface area contributed by atoms with Gasteiger partial charge in [-0.3, -0.25) is 14.9 Å². The van der Waals surface area contributed by atoms with E-state index in [0.29, 0.717) is 24.7 Å². The van der Waals surface area contributed by atoms with Gasteiger partial charge in [0.1, 0.15) is 5.69 Å². The molecule has 1 amide bonds. The van der Waals surface area contributed by atoms with Crippen LogP contribution < -0.4 is 16.4 Å². The van der Waals surface area contributed by atoms with Gasteiger partial charge in [0.2, 0.25) is 5.91 Å². The SMILES string of the molecule is Cl.NCC1CCCC1NC(=O)CCNc1ccccc1[N+](=O)[O-]. The van der Waals surface area contributed by atoms with E-state index in [2.05, 4.69) is 10.6 Å². The third kappa shape index (κ3) is 5.37. The van der Waals surface area contributed by atoms with Gasteiger partial charge in [0.25, 0.3) is 5.69 Å². The predicted molar refractivity (Wildman–Crippen MR) is 91.8 cm³/mol. The van der Waals surface area contributed by atoms with Gasteiger partial charge in [-0.25, -0.2) is 0 Å². The standard InChI is InChI=1S/C15H22N4O3.ClH/c16-10-11-4-3-6-12(11)18-15(20)8-9-17-13-5-1-2-7-14(13)19(21)22;/h1-2,5,7,11-12,17H,3-4,6,8-10,16H2,(H,18,20);1H. The molecule has 7 nitrogen and oxygen atoms in total. The van der Waals surface area contributed by atoms with Gasteiger partial charge >= 0.3 is 0 Å². The molecule has 0 heterocycles. The van der Waals surface area contributed by atoms with Crippen LogP contribution >= 0.6 is 12.4 Å². The normalized spacial score (nSPS) is 19.7. The third-order valence-electron chi connectivity index (χ3n) is 4.08. The molecular formula is C15H23ClN4O3. The average Bonchev–Trinajstić information content (AvgIpc) is 2.94. The Bertz CT molecular complexity index is 541. The summed E-state index contributed by atoms with van der Waals surface area (Å²) < 4.78 is 0. The first-order chi connectivity index (χ1) is 10.6. The molecule has 0 spiro atoms. The lowest BCUT2D eigenvalue weighted by Gasteiger charge is -2.19. The highest BCUT2D eigenvalue weighted by atomic mass is 35.5. The van der Waals surface area contributed by atoms with Crippen LogP contribution in [0.2, 0.25) is 0 Å². The third-order valence-corrected chi connectivity index (χ3v) is 4.08. The van der Waals surface area contributed by atoms with E-state index in [4.69, 9.17) is 5.73 Å². The van der Waals surface area contributed by atoms with Crippen molar-refractivity contribution in [2.24, 2.45) is 11.7 Å². The minimum Gasteiger partial charge on any atom is -0.379 e. The van der Waals surface area contributed by atoms with Gasteiger partial charge < -0.3 is 16.4 Å². The van der Waals surface area contributed by atoms with Crippen LogP contribution in [0.25, 0.3) is 0 Å². The summed E-state index contributed by atoms with van der Waals surface area (Å²) in [5.74, 6) is 0.323. The number of hydrogen-bond acceptors (Lipinski definition) is 5. The Hall–Kier alpha value is -1.86. The van der Waals surface area contributed by atoms with Gasteiger partial charge in [-0.2, -0.15) is 0 Å². The molecular weight excluding hydrogens is 320 g/mol. The van der Waals surface area contributed by atoms with Crippen LogP contribution in [-0.4, -0.2) is 30.0 Å². The van der Waals surface area contributed by atoms with E-state index in [0.717, 1.165) is 19.3 Å². The van der Waals surface area contributed by atoms with E-state index in [-0.39, 0.29) is 36.5 Å². The van der Waals surface area contributed by atoms with Gasteiger partial charge in [-0.1, -0.05) is 18.6 Å². The van der Waals surface area contributed by atoms with E-state index in [1.54, 1.807) is 18.2 Å². The monoisotopic (exact) mass is 342 g/mol. The fraction of sp³-hybridized carbons (Fsp3) is 0.533. The lowest BCUT2D eigenvalue weighted by atomic mass is 10.0. The number of nitrogens with two attached hydrogens (primary N) is 1. The van der Waals surface area contributed by atoms with Crippen molar-refractivity contribution in [1.29, 1.82) is 0 Å². The van der Waals surface area contributed by atoms with Crippen LogP contribution in [0.4, 0.5) is 11.4 Å². The fourth-order valence-electron chi connectivity index (χ4n) is 2.88. The van der Waals surface area contributed by atoms with E-state index >= 15 is 0 Å². The van der Waals surface area contributed by atoms with E-state index in [1.807, 2.05) is 0 Å². The number of nitrogens with one attached hydrogen (secondary N) is 2. The summed E-state index contributed by atoms with van der Waals surface area (Å²) in [5, 5.41) is 16.9. The smallest absolute Gasteiger partial charge is 0.292 e. The molecule has 0 saturated heterocycles. The molecule has 2 rings (SSSR count). The van der Waals surface area contributed by atoms with E-state index < -0.39 is 4.92 Å². The maximum atomic E-state index is 11.9. The van der Waals surface area contributed by atoms with Crippen LogP contribution in [0.1, 0.15) is 25.7 Å². The molecule has 23 heavy (non-hydrogen) atoms. The van der Waals surface area contributed by atoms with Crippen molar-refractivity contribution in [3.63, 3.8) is 0 Å². The molecule has 1 aliphatic carbocycles. The first kappa shape index (κ1) is 19.2. The van der Waals surface area contributed by atoms with Gasteiger partial charge in [0.15, 0.2) is 0 Å². The average molecular weight is 343 g/mol. The molecule has 0 radical (unpaired) electrons. The van der Waals surface area contributed by atoms with Crippen LogP contribution in [0.15, 0.2) is 24.3 Å². The van der Waals surface area contributed by atoms with Crippen molar-refractivity contribution in [3.8, 4) is 0 Å². The number of nitro groups is 1. The number of hydrogen-bond donors (Lipinski definition) is 3.